The second-order valence-electron chi connectivity index (χ2n) is 7.01. The summed E-state index contributed by atoms with van der Waals surface area (Å²) in [4.78, 5) is 0. The van der Waals surface area contributed by atoms with Gasteiger partial charge in [0.25, 0.3) is 0 Å². The Kier molecular flexibility index (Phi) is 4.81. The van der Waals surface area contributed by atoms with E-state index in [-0.39, 0.29) is 11.8 Å². The van der Waals surface area contributed by atoms with E-state index in [0.717, 1.165) is 38.0 Å². The Hall–Kier alpha value is -2.02. The van der Waals surface area contributed by atoms with Crippen molar-refractivity contribution in [2.24, 2.45) is 5.10 Å². The minimum absolute atomic E-state index is 0.0283. The fraction of sp³-hybridized carbons (Fsp3) is 0.136. The van der Waals surface area contributed by atoms with E-state index in [2.05, 4.69) is 31.9 Å². The van der Waals surface area contributed by atoms with Gasteiger partial charge in [0.2, 0.25) is 6.23 Å². The molecule has 2 aliphatic rings. The summed E-state index contributed by atoms with van der Waals surface area (Å²) in [5.74, 6) is 0.925. The highest BCUT2D eigenvalue weighted by molar-refractivity contribution is 9.10. The topological polar surface area (TPSA) is 45.1 Å². The number of halogens is 3. The van der Waals surface area contributed by atoms with Crippen molar-refractivity contribution in [3.8, 4) is 11.5 Å². The van der Waals surface area contributed by atoms with Gasteiger partial charge in [-0.2, -0.15) is 5.10 Å². The third-order valence-electron chi connectivity index (χ3n) is 5.18. The van der Waals surface area contributed by atoms with Crippen molar-refractivity contribution in [2.75, 3.05) is 0 Å². The van der Waals surface area contributed by atoms with Crippen LogP contribution in [0.1, 0.15) is 35.4 Å². The lowest BCUT2D eigenvalue weighted by Gasteiger charge is -2.38. The Morgan fingerprint density at radius 2 is 1.72 bits per heavy atom. The van der Waals surface area contributed by atoms with Crippen molar-refractivity contribution >= 4 is 49.2 Å². The Morgan fingerprint density at radius 3 is 2.52 bits per heavy atom. The van der Waals surface area contributed by atoms with Gasteiger partial charge >= 0.3 is 0 Å². The molecule has 3 aromatic carbocycles. The molecular formula is C22H15Br2ClN2O2. The van der Waals surface area contributed by atoms with E-state index in [0.29, 0.717) is 10.6 Å². The average Bonchev–Trinajstić information content (AvgIpc) is 3.16. The standard InChI is InChI=1S/C22H15Br2ClN2O2/c23-13-3-1-12(2-4-13)18-11-19-16-10-15(25)6-8-21(16)29-22(27(19)26-18)17-9-14(24)5-7-20(17)28/h1-10,19,22,28H,11H2/t19-,22+/m0/s1. The molecule has 29 heavy (non-hydrogen) atoms. The molecule has 1 N–H and O–H groups in total. The summed E-state index contributed by atoms with van der Waals surface area (Å²) in [5, 5.41) is 18.0. The molecule has 0 aliphatic carbocycles. The number of nitrogens with zero attached hydrogens (tertiary/aromatic N) is 2. The largest absolute Gasteiger partial charge is 0.507 e. The van der Waals surface area contributed by atoms with Gasteiger partial charge in [-0.15, -0.1) is 0 Å². The Morgan fingerprint density at radius 1 is 0.966 bits per heavy atom. The molecule has 0 fully saturated rings. The Bertz CT molecular complexity index is 1130. The van der Waals surface area contributed by atoms with E-state index in [1.54, 1.807) is 12.1 Å². The first-order valence-electron chi connectivity index (χ1n) is 9.06. The Balaban J connectivity index is 1.63. The van der Waals surface area contributed by atoms with Crippen LogP contribution in [0.4, 0.5) is 0 Å². The van der Waals surface area contributed by atoms with Crippen molar-refractivity contribution in [3.63, 3.8) is 0 Å². The number of rotatable bonds is 2. The van der Waals surface area contributed by atoms with E-state index in [4.69, 9.17) is 21.4 Å². The van der Waals surface area contributed by atoms with Crippen LogP contribution >= 0.6 is 43.5 Å². The highest BCUT2D eigenvalue weighted by Gasteiger charge is 2.42. The van der Waals surface area contributed by atoms with Crippen LogP contribution in [-0.4, -0.2) is 15.8 Å². The maximum Gasteiger partial charge on any atom is 0.217 e. The summed E-state index contributed by atoms with van der Waals surface area (Å²) in [6.45, 7) is 0. The first-order valence-corrected chi connectivity index (χ1v) is 11.0. The second-order valence-corrected chi connectivity index (χ2v) is 9.28. The highest BCUT2D eigenvalue weighted by atomic mass is 79.9. The number of hydrogen-bond acceptors (Lipinski definition) is 4. The maximum absolute atomic E-state index is 10.5. The third-order valence-corrected chi connectivity index (χ3v) is 6.44. The monoisotopic (exact) mass is 532 g/mol. The molecule has 2 atom stereocenters. The number of aromatic hydroxyl groups is 1. The SMILES string of the molecule is Oc1ccc(Br)cc1[C@H]1Oc2ccc(Cl)cc2[C@@H]2CC(c3ccc(Br)cc3)=NN12. The number of hydrogen-bond donors (Lipinski definition) is 1. The summed E-state index contributed by atoms with van der Waals surface area (Å²) in [5.41, 5.74) is 3.69. The molecule has 0 bridgehead atoms. The van der Waals surface area contributed by atoms with Gasteiger partial charge in [0.1, 0.15) is 11.5 Å². The molecule has 0 saturated heterocycles. The molecule has 7 heteroatoms. The van der Waals surface area contributed by atoms with Gasteiger partial charge in [-0.3, -0.25) is 0 Å². The molecule has 0 amide bonds. The van der Waals surface area contributed by atoms with Crippen LogP contribution in [-0.2, 0) is 0 Å². The summed E-state index contributed by atoms with van der Waals surface area (Å²) < 4.78 is 8.19. The molecule has 2 aliphatic heterocycles. The predicted octanol–water partition coefficient (Wildman–Crippen LogP) is 6.81. The first-order chi connectivity index (χ1) is 14.0. The van der Waals surface area contributed by atoms with Crippen LogP contribution < -0.4 is 4.74 Å². The van der Waals surface area contributed by atoms with Gasteiger partial charge < -0.3 is 9.84 Å². The van der Waals surface area contributed by atoms with Gasteiger partial charge in [0, 0.05) is 26.0 Å². The second kappa shape index (κ2) is 7.35. The zero-order valence-electron chi connectivity index (χ0n) is 15.0. The lowest BCUT2D eigenvalue weighted by atomic mass is 9.96. The quantitative estimate of drug-likeness (QED) is 0.393. The summed E-state index contributed by atoms with van der Waals surface area (Å²) >= 11 is 13.2. The lowest BCUT2D eigenvalue weighted by molar-refractivity contribution is -0.0203. The van der Waals surface area contributed by atoms with Crippen molar-refractivity contribution < 1.29 is 9.84 Å². The Labute approximate surface area is 190 Å². The van der Waals surface area contributed by atoms with Crippen LogP contribution in [0.3, 0.4) is 0 Å². The molecule has 4 nitrogen and oxygen atoms in total. The van der Waals surface area contributed by atoms with Gasteiger partial charge in [-0.25, -0.2) is 5.01 Å². The molecule has 146 valence electrons. The van der Waals surface area contributed by atoms with Gasteiger partial charge in [0.05, 0.1) is 17.3 Å². The fourth-order valence-electron chi connectivity index (χ4n) is 3.80. The van der Waals surface area contributed by atoms with Gasteiger partial charge in [0.15, 0.2) is 0 Å². The van der Waals surface area contributed by atoms with E-state index in [9.17, 15) is 5.11 Å². The average molecular weight is 535 g/mol. The van der Waals surface area contributed by atoms with Gasteiger partial charge in [-0.1, -0.05) is 55.6 Å². The van der Waals surface area contributed by atoms with E-state index < -0.39 is 6.23 Å². The van der Waals surface area contributed by atoms with E-state index >= 15 is 0 Å². The third kappa shape index (κ3) is 3.43. The normalized spacial score (nSPS) is 20.0. The molecular weight excluding hydrogens is 520 g/mol. The summed E-state index contributed by atoms with van der Waals surface area (Å²) in [7, 11) is 0. The lowest BCUT2D eigenvalue weighted by Crippen LogP contribution is -2.33. The molecule has 0 aromatic heterocycles. The smallest absolute Gasteiger partial charge is 0.217 e. The minimum atomic E-state index is -0.542. The van der Waals surface area contributed by atoms with Gasteiger partial charge in [-0.05, 0) is 54.1 Å². The maximum atomic E-state index is 10.5. The molecule has 5 rings (SSSR count). The van der Waals surface area contributed by atoms with Crippen LogP contribution in [0.25, 0.3) is 0 Å². The van der Waals surface area contributed by atoms with Crippen molar-refractivity contribution in [2.45, 2.75) is 18.7 Å². The van der Waals surface area contributed by atoms with Crippen molar-refractivity contribution in [1.29, 1.82) is 0 Å². The van der Waals surface area contributed by atoms with Crippen LogP contribution in [0.2, 0.25) is 5.02 Å². The molecule has 0 spiro atoms. The number of ether oxygens (including phenoxy) is 1. The molecule has 3 aromatic rings. The summed E-state index contributed by atoms with van der Waals surface area (Å²) in [6, 6.07) is 19.0. The molecule has 2 heterocycles. The van der Waals surface area contributed by atoms with E-state index in [1.165, 1.54) is 0 Å². The fourth-order valence-corrected chi connectivity index (χ4v) is 4.63. The van der Waals surface area contributed by atoms with Crippen LogP contribution in [0, 0.1) is 0 Å². The molecule has 0 saturated carbocycles. The number of phenolic OH excluding ortho intramolecular Hbond substituents is 1. The number of benzene rings is 3. The zero-order valence-corrected chi connectivity index (χ0v) is 18.9. The first kappa shape index (κ1) is 19.0. The van der Waals surface area contributed by atoms with Crippen LogP contribution in [0.5, 0.6) is 11.5 Å². The number of fused-ring (bicyclic) bond motifs is 3. The van der Waals surface area contributed by atoms with Crippen molar-refractivity contribution in [1.82, 2.24) is 5.01 Å². The molecule has 0 unspecified atom stereocenters. The predicted molar refractivity (Wildman–Crippen MR) is 121 cm³/mol. The highest BCUT2D eigenvalue weighted by Crippen LogP contribution is 2.49. The van der Waals surface area contributed by atoms with E-state index in [1.807, 2.05) is 53.5 Å². The number of phenols is 1. The zero-order chi connectivity index (χ0) is 20.1. The number of hydrazone groups is 1. The summed E-state index contributed by atoms with van der Waals surface area (Å²) in [6.07, 6.45) is 0.183. The van der Waals surface area contributed by atoms with Crippen LogP contribution in [0.15, 0.2) is 74.7 Å². The molecule has 0 radical (unpaired) electrons. The van der Waals surface area contributed by atoms with Crippen molar-refractivity contribution in [3.05, 3.63) is 91.3 Å². The minimum Gasteiger partial charge on any atom is -0.507 e.